The van der Waals surface area contributed by atoms with Crippen molar-refractivity contribution in [2.24, 2.45) is 10.9 Å². The lowest BCUT2D eigenvalue weighted by atomic mass is 9.99. The summed E-state index contributed by atoms with van der Waals surface area (Å²) in [6, 6.07) is 7.87. The summed E-state index contributed by atoms with van der Waals surface area (Å²) in [6.45, 7) is 5.29. The highest BCUT2D eigenvalue weighted by molar-refractivity contribution is 14.0. The molecule has 6 heteroatoms. The third-order valence-electron chi connectivity index (χ3n) is 4.57. The van der Waals surface area contributed by atoms with Gasteiger partial charge in [-0.1, -0.05) is 19.1 Å². The maximum absolute atomic E-state index is 12.0. The Bertz CT molecular complexity index is 581. The fourth-order valence-electron chi connectivity index (χ4n) is 2.99. The number of amides is 1. The molecule has 1 N–H and O–H groups in total. The van der Waals surface area contributed by atoms with Gasteiger partial charge in [0.2, 0.25) is 0 Å². The molecule has 1 fully saturated rings. The Labute approximate surface area is 168 Å². The normalized spacial score (nSPS) is 15.5. The maximum Gasteiger partial charge on any atom is 0.253 e. The van der Waals surface area contributed by atoms with Crippen LogP contribution in [0.3, 0.4) is 0 Å². The summed E-state index contributed by atoms with van der Waals surface area (Å²) in [5.41, 5.74) is 1.91. The van der Waals surface area contributed by atoms with E-state index in [0.29, 0.717) is 0 Å². The first-order valence-corrected chi connectivity index (χ1v) is 8.77. The van der Waals surface area contributed by atoms with Crippen LogP contribution in [0.1, 0.15) is 35.7 Å². The number of carbonyl (C=O) groups excluding carboxylic acids is 1. The van der Waals surface area contributed by atoms with Gasteiger partial charge < -0.3 is 15.1 Å². The van der Waals surface area contributed by atoms with Crippen molar-refractivity contribution in [3.05, 3.63) is 35.4 Å². The smallest absolute Gasteiger partial charge is 0.253 e. The quantitative estimate of drug-likeness (QED) is 0.429. The van der Waals surface area contributed by atoms with Gasteiger partial charge in [0.05, 0.1) is 0 Å². The standard InChI is InChI=1S/C19H30N4O.HI/c1-15-9-12-23(13-10-15)19(20-2)21-11-8-16-6-5-7-17(14-16)18(24)22(3)4;/h5-7,14-15H,8-13H2,1-4H3,(H,20,21);1H. The van der Waals surface area contributed by atoms with Gasteiger partial charge >= 0.3 is 0 Å². The summed E-state index contributed by atoms with van der Waals surface area (Å²) in [7, 11) is 5.40. The molecule has 1 aromatic carbocycles. The molecular weight excluding hydrogens is 427 g/mol. The van der Waals surface area contributed by atoms with Gasteiger partial charge in [0, 0.05) is 46.3 Å². The van der Waals surface area contributed by atoms with Crippen molar-refractivity contribution in [3.63, 3.8) is 0 Å². The number of likely N-dealkylation sites (tertiary alicyclic amines) is 1. The van der Waals surface area contributed by atoms with Crippen LogP contribution in [-0.4, -0.2) is 62.4 Å². The predicted octanol–water partition coefficient (Wildman–Crippen LogP) is 2.86. The molecule has 0 atom stereocenters. The molecule has 1 aliphatic rings. The Balaban J connectivity index is 0.00000312. The van der Waals surface area contributed by atoms with Gasteiger partial charge in [-0.3, -0.25) is 9.79 Å². The predicted molar refractivity (Wildman–Crippen MR) is 115 cm³/mol. The number of hydrogen-bond donors (Lipinski definition) is 1. The van der Waals surface area contributed by atoms with Gasteiger partial charge in [-0.05, 0) is 42.9 Å². The maximum atomic E-state index is 12.0. The summed E-state index contributed by atoms with van der Waals surface area (Å²) in [6.07, 6.45) is 3.34. The lowest BCUT2D eigenvalue weighted by molar-refractivity contribution is 0.0827. The monoisotopic (exact) mass is 458 g/mol. The number of nitrogens with zero attached hydrogens (tertiary/aromatic N) is 3. The molecule has 140 valence electrons. The third-order valence-corrected chi connectivity index (χ3v) is 4.57. The van der Waals surface area contributed by atoms with Crippen molar-refractivity contribution in [1.29, 1.82) is 0 Å². The third kappa shape index (κ3) is 6.49. The molecule has 25 heavy (non-hydrogen) atoms. The Kier molecular flexibility index (Phi) is 9.24. The fourth-order valence-corrected chi connectivity index (χ4v) is 2.99. The van der Waals surface area contributed by atoms with Crippen LogP contribution >= 0.6 is 24.0 Å². The Morgan fingerprint density at radius 2 is 2.00 bits per heavy atom. The van der Waals surface area contributed by atoms with Crippen LogP contribution in [0, 0.1) is 5.92 Å². The van der Waals surface area contributed by atoms with Gasteiger partial charge in [-0.15, -0.1) is 24.0 Å². The van der Waals surface area contributed by atoms with Crippen molar-refractivity contribution in [2.45, 2.75) is 26.2 Å². The average Bonchev–Trinajstić information content (AvgIpc) is 2.59. The minimum atomic E-state index is 0. The lowest BCUT2D eigenvalue weighted by Crippen LogP contribution is -2.45. The molecule has 5 nitrogen and oxygen atoms in total. The average molecular weight is 458 g/mol. The first-order chi connectivity index (χ1) is 11.5. The van der Waals surface area contributed by atoms with Crippen molar-refractivity contribution in [2.75, 3.05) is 40.8 Å². The van der Waals surface area contributed by atoms with Crippen LogP contribution in [-0.2, 0) is 6.42 Å². The zero-order valence-corrected chi connectivity index (χ0v) is 18.1. The molecule has 0 radical (unpaired) electrons. The molecule has 0 aliphatic carbocycles. The lowest BCUT2D eigenvalue weighted by Gasteiger charge is -2.32. The highest BCUT2D eigenvalue weighted by Gasteiger charge is 2.18. The molecule has 0 saturated carbocycles. The Hall–Kier alpha value is -1.31. The molecular formula is C19H31IN4O. The number of halogens is 1. The van der Waals surface area contributed by atoms with Crippen LogP contribution in [0.5, 0.6) is 0 Å². The van der Waals surface area contributed by atoms with E-state index < -0.39 is 0 Å². The van der Waals surface area contributed by atoms with Gasteiger partial charge in [-0.25, -0.2) is 0 Å². The molecule has 1 aliphatic heterocycles. The molecule has 1 amide bonds. The van der Waals surface area contributed by atoms with Gasteiger partial charge in [-0.2, -0.15) is 0 Å². The second-order valence-corrected chi connectivity index (χ2v) is 6.79. The van der Waals surface area contributed by atoms with E-state index in [-0.39, 0.29) is 29.9 Å². The second-order valence-electron chi connectivity index (χ2n) is 6.79. The zero-order chi connectivity index (χ0) is 17.5. The van der Waals surface area contributed by atoms with Crippen molar-refractivity contribution in [3.8, 4) is 0 Å². The number of rotatable bonds is 4. The molecule has 2 rings (SSSR count). The number of piperidine rings is 1. The number of carbonyl (C=O) groups is 1. The second kappa shape index (κ2) is 10.6. The molecule has 0 spiro atoms. The number of aliphatic imine (C=N–C) groups is 1. The summed E-state index contributed by atoms with van der Waals surface area (Å²) >= 11 is 0. The van der Waals surface area contributed by atoms with Crippen molar-refractivity contribution in [1.82, 2.24) is 15.1 Å². The largest absolute Gasteiger partial charge is 0.356 e. The minimum Gasteiger partial charge on any atom is -0.356 e. The summed E-state index contributed by atoms with van der Waals surface area (Å²) in [5.74, 6) is 1.85. The molecule has 0 unspecified atom stereocenters. The van der Waals surface area contributed by atoms with Crippen LogP contribution in [0.25, 0.3) is 0 Å². The van der Waals surface area contributed by atoms with Crippen LogP contribution in [0.2, 0.25) is 0 Å². The minimum absolute atomic E-state index is 0. The van der Waals surface area contributed by atoms with Gasteiger partial charge in [0.1, 0.15) is 0 Å². The number of guanidine groups is 1. The summed E-state index contributed by atoms with van der Waals surface area (Å²) < 4.78 is 0. The molecule has 1 saturated heterocycles. The fraction of sp³-hybridized carbons (Fsp3) is 0.579. The van der Waals surface area contributed by atoms with E-state index in [0.717, 1.165) is 49.1 Å². The summed E-state index contributed by atoms with van der Waals surface area (Å²) in [4.78, 5) is 20.4. The van der Waals surface area contributed by atoms with Crippen LogP contribution in [0.4, 0.5) is 0 Å². The molecule has 0 aromatic heterocycles. The Morgan fingerprint density at radius 3 is 2.60 bits per heavy atom. The SMILES string of the molecule is CN=C(NCCc1cccc(C(=O)N(C)C)c1)N1CCC(C)CC1.I. The highest BCUT2D eigenvalue weighted by Crippen LogP contribution is 2.15. The number of hydrogen-bond acceptors (Lipinski definition) is 2. The molecule has 1 aromatic rings. The van der Waals surface area contributed by atoms with E-state index in [9.17, 15) is 4.79 Å². The molecule has 1 heterocycles. The van der Waals surface area contributed by atoms with E-state index in [1.807, 2.05) is 25.2 Å². The number of nitrogens with one attached hydrogen (secondary N) is 1. The molecule has 0 bridgehead atoms. The van der Waals surface area contributed by atoms with Crippen molar-refractivity contribution >= 4 is 35.8 Å². The summed E-state index contributed by atoms with van der Waals surface area (Å²) in [5, 5.41) is 3.45. The van der Waals surface area contributed by atoms with Crippen LogP contribution < -0.4 is 5.32 Å². The first-order valence-electron chi connectivity index (χ1n) is 8.77. The number of benzene rings is 1. The van der Waals surface area contributed by atoms with E-state index in [4.69, 9.17) is 0 Å². The Morgan fingerprint density at radius 1 is 1.32 bits per heavy atom. The van der Waals surface area contributed by atoms with Crippen LogP contribution in [0.15, 0.2) is 29.3 Å². The van der Waals surface area contributed by atoms with E-state index in [1.54, 1.807) is 19.0 Å². The topological polar surface area (TPSA) is 47.9 Å². The van der Waals surface area contributed by atoms with Gasteiger partial charge in [0.15, 0.2) is 5.96 Å². The highest BCUT2D eigenvalue weighted by atomic mass is 127. The zero-order valence-electron chi connectivity index (χ0n) is 15.8. The van der Waals surface area contributed by atoms with E-state index in [2.05, 4.69) is 28.2 Å². The first kappa shape index (κ1) is 21.7. The van der Waals surface area contributed by atoms with Crippen molar-refractivity contribution < 1.29 is 4.79 Å². The van der Waals surface area contributed by atoms with Gasteiger partial charge in [0.25, 0.3) is 5.91 Å². The van der Waals surface area contributed by atoms with E-state index >= 15 is 0 Å². The van der Waals surface area contributed by atoms with E-state index in [1.165, 1.54) is 12.8 Å².